The van der Waals surface area contributed by atoms with Crippen LogP contribution in [0.25, 0.3) is 0 Å². The van der Waals surface area contributed by atoms with Crippen molar-refractivity contribution in [3.63, 3.8) is 0 Å². The third kappa shape index (κ3) is 4.67. The van der Waals surface area contributed by atoms with Gasteiger partial charge in [0.1, 0.15) is 0 Å². The highest BCUT2D eigenvalue weighted by atomic mass is 16.1. The highest BCUT2D eigenvalue weighted by Crippen LogP contribution is 2.28. The summed E-state index contributed by atoms with van der Waals surface area (Å²) in [5.41, 5.74) is 8.73. The Hall–Kier alpha value is -1.35. The van der Waals surface area contributed by atoms with Crippen molar-refractivity contribution in [3.05, 3.63) is 29.3 Å². The van der Waals surface area contributed by atoms with Crippen LogP contribution in [-0.4, -0.2) is 5.91 Å². The molecule has 0 aromatic heterocycles. The molecule has 0 bridgehead atoms. The van der Waals surface area contributed by atoms with Crippen LogP contribution in [-0.2, 0) is 11.3 Å². The number of aryl methyl sites for hydroxylation is 1. The number of carbonyl (C=O) groups is 1. The highest BCUT2D eigenvalue weighted by Gasteiger charge is 2.22. The van der Waals surface area contributed by atoms with Crippen LogP contribution in [0.5, 0.6) is 0 Å². The Kier molecular flexibility index (Phi) is 5.12. The van der Waals surface area contributed by atoms with Crippen LogP contribution in [0, 0.1) is 18.3 Å². The number of hydrogen-bond donors (Lipinski definition) is 2. The fourth-order valence-electron chi connectivity index (χ4n) is 1.72. The van der Waals surface area contributed by atoms with E-state index in [0.717, 1.165) is 16.8 Å². The van der Waals surface area contributed by atoms with Gasteiger partial charge in [0.25, 0.3) is 0 Å². The van der Waals surface area contributed by atoms with E-state index in [2.05, 4.69) is 33.0 Å². The Morgan fingerprint density at radius 3 is 2.53 bits per heavy atom. The molecule has 0 spiro atoms. The maximum atomic E-state index is 12.1. The normalized spacial score (nSPS) is 13.2. The second-order valence-electron chi connectivity index (χ2n) is 6.37. The van der Waals surface area contributed by atoms with Crippen LogP contribution in [0.1, 0.15) is 45.2 Å². The van der Waals surface area contributed by atoms with E-state index in [9.17, 15) is 4.79 Å². The lowest BCUT2D eigenvalue weighted by Gasteiger charge is -2.26. The number of rotatable bonds is 4. The maximum Gasteiger partial charge on any atom is 0.224 e. The molecule has 1 unspecified atom stereocenters. The number of amides is 1. The molecular formula is C16H26N2O. The number of nitrogens with two attached hydrogens (primary N) is 1. The summed E-state index contributed by atoms with van der Waals surface area (Å²) in [5.74, 6) is 0.408. The minimum absolute atomic E-state index is 0.0692. The van der Waals surface area contributed by atoms with Crippen molar-refractivity contribution >= 4 is 11.6 Å². The molecule has 3 heteroatoms. The molecule has 1 rings (SSSR count). The Morgan fingerprint density at radius 1 is 1.37 bits per heavy atom. The van der Waals surface area contributed by atoms with Crippen molar-refractivity contribution < 1.29 is 4.79 Å². The van der Waals surface area contributed by atoms with Crippen LogP contribution in [0.15, 0.2) is 18.2 Å². The van der Waals surface area contributed by atoms with Crippen molar-refractivity contribution in [1.82, 2.24) is 0 Å². The zero-order chi connectivity index (χ0) is 14.6. The van der Waals surface area contributed by atoms with E-state index < -0.39 is 0 Å². The molecule has 1 amide bonds. The molecule has 3 nitrogen and oxygen atoms in total. The molecule has 0 fully saturated rings. The zero-order valence-corrected chi connectivity index (χ0v) is 12.7. The SMILES string of the molecule is Cc1ccc(CN)cc1NC(=O)CC(C)C(C)(C)C. The second-order valence-corrected chi connectivity index (χ2v) is 6.37. The smallest absolute Gasteiger partial charge is 0.224 e. The van der Waals surface area contributed by atoms with Gasteiger partial charge in [0.05, 0.1) is 0 Å². The Morgan fingerprint density at radius 2 is 2.00 bits per heavy atom. The van der Waals surface area contributed by atoms with Gasteiger partial charge in [-0.2, -0.15) is 0 Å². The van der Waals surface area contributed by atoms with Gasteiger partial charge < -0.3 is 11.1 Å². The fraction of sp³-hybridized carbons (Fsp3) is 0.562. The van der Waals surface area contributed by atoms with Crippen molar-refractivity contribution in [2.24, 2.45) is 17.1 Å². The molecule has 0 aliphatic heterocycles. The van der Waals surface area contributed by atoms with Crippen LogP contribution >= 0.6 is 0 Å². The standard InChI is InChI=1S/C16H26N2O/c1-11-6-7-13(10-17)9-14(11)18-15(19)8-12(2)16(3,4)5/h6-7,9,12H,8,10,17H2,1-5H3,(H,18,19). The Balaban J connectivity index is 2.72. The molecule has 0 saturated carbocycles. The van der Waals surface area contributed by atoms with E-state index in [1.54, 1.807) is 0 Å². The number of nitrogens with one attached hydrogen (secondary N) is 1. The summed E-state index contributed by atoms with van der Waals surface area (Å²) in [7, 11) is 0. The molecule has 3 N–H and O–H groups in total. The third-order valence-corrected chi connectivity index (χ3v) is 3.78. The topological polar surface area (TPSA) is 55.1 Å². The number of carbonyl (C=O) groups excluding carboxylic acids is 1. The molecule has 106 valence electrons. The summed E-state index contributed by atoms with van der Waals surface area (Å²) >= 11 is 0. The van der Waals surface area contributed by atoms with Gasteiger partial charge in [-0.1, -0.05) is 39.8 Å². The van der Waals surface area contributed by atoms with Crippen molar-refractivity contribution in [2.45, 2.75) is 47.6 Å². The van der Waals surface area contributed by atoms with Crippen LogP contribution in [0.2, 0.25) is 0 Å². The first-order valence-electron chi connectivity index (χ1n) is 6.83. The fourth-order valence-corrected chi connectivity index (χ4v) is 1.72. The number of benzene rings is 1. The van der Waals surface area contributed by atoms with Gasteiger partial charge in [-0.25, -0.2) is 0 Å². The van der Waals surface area contributed by atoms with Gasteiger partial charge in [-0.15, -0.1) is 0 Å². The zero-order valence-electron chi connectivity index (χ0n) is 12.7. The van der Waals surface area contributed by atoms with E-state index in [-0.39, 0.29) is 11.3 Å². The lowest BCUT2D eigenvalue weighted by Crippen LogP contribution is -2.24. The maximum absolute atomic E-state index is 12.1. The quantitative estimate of drug-likeness (QED) is 0.873. The predicted molar refractivity (Wildman–Crippen MR) is 80.9 cm³/mol. The summed E-state index contributed by atoms with van der Waals surface area (Å²) in [6, 6.07) is 5.93. The van der Waals surface area contributed by atoms with Crippen LogP contribution < -0.4 is 11.1 Å². The second kappa shape index (κ2) is 6.20. The van der Waals surface area contributed by atoms with Gasteiger partial charge in [-0.3, -0.25) is 4.79 Å². The first-order chi connectivity index (χ1) is 8.74. The third-order valence-electron chi connectivity index (χ3n) is 3.78. The first kappa shape index (κ1) is 15.7. The summed E-state index contributed by atoms with van der Waals surface area (Å²) in [4.78, 5) is 12.1. The van der Waals surface area contributed by atoms with Gasteiger partial charge in [-0.05, 0) is 35.4 Å². The summed E-state index contributed by atoms with van der Waals surface area (Å²) in [6.45, 7) is 11.1. The molecule has 1 aromatic carbocycles. The van der Waals surface area contributed by atoms with E-state index in [1.165, 1.54) is 0 Å². The Bertz CT molecular complexity index is 447. The van der Waals surface area contributed by atoms with Gasteiger partial charge in [0.2, 0.25) is 5.91 Å². The van der Waals surface area contributed by atoms with E-state index in [1.807, 2.05) is 25.1 Å². The van der Waals surface area contributed by atoms with Crippen molar-refractivity contribution in [3.8, 4) is 0 Å². The lowest BCUT2D eigenvalue weighted by molar-refractivity contribution is -0.117. The minimum atomic E-state index is 0.0692. The van der Waals surface area contributed by atoms with Crippen molar-refractivity contribution in [2.75, 3.05) is 5.32 Å². The first-order valence-corrected chi connectivity index (χ1v) is 6.83. The van der Waals surface area contributed by atoms with Gasteiger partial charge in [0.15, 0.2) is 0 Å². The molecule has 1 aromatic rings. The van der Waals surface area contributed by atoms with E-state index >= 15 is 0 Å². The van der Waals surface area contributed by atoms with E-state index in [0.29, 0.717) is 18.9 Å². The summed E-state index contributed by atoms with van der Waals surface area (Å²) in [6.07, 6.45) is 0.537. The molecule has 19 heavy (non-hydrogen) atoms. The summed E-state index contributed by atoms with van der Waals surface area (Å²) in [5, 5.41) is 2.99. The molecule has 0 saturated heterocycles. The number of anilines is 1. The summed E-state index contributed by atoms with van der Waals surface area (Å²) < 4.78 is 0. The molecule has 0 aliphatic rings. The largest absolute Gasteiger partial charge is 0.326 e. The predicted octanol–water partition coefficient (Wildman–Crippen LogP) is 3.46. The monoisotopic (exact) mass is 262 g/mol. The van der Waals surface area contributed by atoms with Gasteiger partial charge in [0, 0.05) is 18.7 Å². The molecule has 0 radical (unpaired) electrons. The molecule has 0 aliphatic carbocycles. The Labute approximate surface area is 116 Å². The number of hydrogen-bond acceptors (Lipinski definition) is 2. The lowest BCUT2D eigenvalue weighted by atomic mass is 9.80. The molecule has 0 heterocycles. The van der Waals surface area contributed by atoms with E-state index in [4.69, 9.17) is 5.73 Å². The average molecular weight is 262 g/mol. The molecule has 1 atom stereocenters. The van der Waals surface area contributed by atoms with Crippen LogP contribution in [0.4, 0.5) is 5.69 Å². The molecular weight excluding hydrogens is 236 g/mol. The van der Waals surface area contributed by atoms with Crippen molar-refractivity contribution in [1.29, 1.82) is 0 Å². The van der Waals surface area contributed by atoms with Crippen LogP contribution in [0.3, 0.4) is 0 Å². The average Bonchev–Trinajstić information content (AvgIpc) is 2.30. The van der Waals surface area contributed by atoms with Gasteiger partial charge >= 0.3 is 0 Å². The minimum Gasteiger partial charge on any atom is -0.326 e. The highest BCUT2D eigenvalue weighted by molar-refractivity contribution is 5.91.